The Bertz CT molecular complexity index is 446. The van der Waals surface area contributed by atoms with Crippen molar-refractivity contribution in [2.24, 2.45) is 0 Å². The number of carbonyl (C=O) groups excluding carboxylic acids is 1. The number of carbonyl (C=O) groups is 1. The molecule has 0 saturated carbocycles. The minimum atomic E-state index is -4.59. The maximum Gasteiger partial charge on any atom is 0.417 e. The fraction of sp³-hybridized carbons (Fsp3) is 0.300. The third-order valence-electron chi connectivity index (χ3n) is 2.02. The average Bonchev–Trinajstić information content (AvgIpc) is 2.14. The molecule has 0 spiro atoms. The number of rotatable bonds is 2. The quantitative estimate of drug-likeness (QED) is 0.852. The minimum absolute atomic E-state index is 0.0341. The number of alkyl halides is 3. The topological polar surface area (TPSA) is 38.3 Å². The fourth-order valence-corrected chi connectivity index (χ4v) is 2.02. The molecule has 17 heavy (non-hydrogen) atoms. The fourth-order valence-electron chi connectivity index (χ4n) is 1.45. The lowest BCUT2D eigenvalue weighted by Crippen LogP contribution is -2.26. The number of halogens is 4. The highest BCUT2D eigenvalue weighted by atomic mass is 79.9. The molecule has 0 saturated heterocycles. The van der Waals surface area contributed by atoms with E-state index in [1.807, 2.05) is 5.48 Å². The van der Waals surface area contributed by atoms with E-state index in [2.05, 4.69) is 20.8 Å². The van der Waals surface area contributed by atoms with Crippen LogP contribution in [0.1, 0.15) is 21.5 Å². The van der Waals surface area contributed by atoms with Crippen LogP contribution in [0, 0.1) is 6.92 Å². The predicted octanol–water partition coefficient (Wildman–Crippen LogP) is 3.07. The largest absolute Gasteiger partial charge is 0.417 e. The average molecular weight is 312 g/mol. The van der Waals surface area contributed by atoms with Gasteiger partial charge in [-0.2, -0.15) is 13.2 Å². The van der Waals surface area contributed by atoms with Crippen LogP contribution in [0.3, 0.4) is 0 Å². The van der Waals surface area contributed by atoms with Gasteiger partial charge in [0.05, 0.1) is 18.2 Å². The summed E-state index contributed by atoms with van der Waals surface area (Å²) in [5.41, 5.74) is 0.392. The van der Waals surface area contributed by atoms with Crippen molar-refractivity contribution in [3.8, 4) is 0 Å². The summed E-state index contributed by atoms with van der Waals surface area (Å²) in [6, 6.07) is 2.40. The Morgan fingerprint density at radius 2 is 2.00 bits per heavy atom. The van der Waals surface area contributed by atoms with Gasteiger partial charge in [0.25, 0.3) is 5.91 Å². The van der Waals surface area contributed by atoms with E-state index < -0.39 is 23.2 Å². The molecule has 0 fully saturated rings. The first kappa shape index (κ1) is 14.0. The molecule has 0 aromatic heterocycles. The van der Waals surface area contributed by atoms with Gasteiger partial charge in [0.2, 0.25) is 0 Å². The number of aryl methyl sites for hydroxylation is 1. The van der Waals surface area contributed by atoms with Crippen molar-refractivity contribution in [1.29, 1.82) is 0 Å². The second-order valence-electron chi connectivity index (χ2n) is 3.28. The predicted molar refractivity (Wildman–Crippen MR) is 58.4 cm³/mol. The van der Waals surface area contributed by atoms with Gasteiger partial charge < -0.3 is 0 Å². The zero-order valence-corrected chi connectivity index (χ0v) is 10.6. The van der Waals surface area contributed by atoms with E-state index in [4.69, 9.17) is 0 Å². The normalized spacial score (nSPS) is 11.4. The maximum absolute atomic E-state index is 12.8. The number of hydrogen-bond acceptors (Lipinski definition) is 2. The Labute approximate surface area is 104 Å². The maximum atomic E-state index is 12.8. The third-order valence-corrected chi connectivity index (χ3v) is 2.48. The molecule has 0 bridgehead atoms. The zero-order chi connectivity index (χ0) is 13.2. The molecule has 0 aliphatic carbocycles. The van der Waals surface area contributed by atoms with Crippen molar-refractivity contribution in [2.75, 3.05) is 7.11 Å². The number of hydroxylamine groups is 1. The van der Waals surface area contributed by atoms with Crippen LogP contribution in [0.15, 0.2) is 16.6 Å². The number of amides is 1. The molecule has 0 atom stereocenters. The van der Waals surface area contributed by atoms with Crippen molar-refractivity contribution in [2.45, 2.75) is 13.1 Å². The lowest BCUT2D eigenvalue weighted by Gasteiger charge is -2.15. The SMILES string of the molecule is CONC(=O)c1cc(Br)cc(C)c1C(F)(F)F. The molecule has 0 heterocycles. The Hall–Kier alpha value is -1.08. The second kappa shape index (κ2) is 5.05. The lowest BCUT2D eigenvalue weighted by molar-refractivity contribution is -0.138. The first-order chi connectivity index (χ1) is 7.77. The summed E-state index contributed by atoms with van der Waals surface area (Å²) in [6.07, 6.45) is -4.59. The van der Waals surface area contributed by atoms with Gasteiger partial charge in [-0.25, -0.2) is 5.48 Å². The van der Waals surface area contributed by atoms with Gasteiger partial charge in [-0.1, -0.05) is 15.9 Å². The standard InChI is InChI=1S/C10H9BrF3NO2/c1-5-3-6(11)4-7(9(16)15-17-2)8(5)10(12,13)14/h3-4H,1-2H3,(H,15,16). The smallest absolute Gasteiger partial charge is 0.277 e. The first-order valence-electron chi connectivity index (χ1n) is 4.48. The van der Waals surface area contributed by atoms with Crippen LogP contribution in [0.25, 0.3) is 0 Å². The summed E-state index contributed by atoms with van der Waals surface area (Å²) in [5.74, 6) is -0.941. The van der Waals surface area contributed by atoms with Crippen LogP contribution in [0.4, 0.5) is 13.2 Å². The van der Waals surface area contributed by atoms with Gasteiger partial charge in [0, 0.05) is 4.47 Å². The summed E-state index contributed by atoms with van der Waals surface area (Å²) in [4.78, 5) is 15.8. The molecule has 94 valence electrons. The van der Waals surface area contributed by atoms with E-state index in [0.717, 1.165) is 13.2 Å². The molecule has 1 aromatic carbocycles. The van der Waals surface area contributed by atoms with Crippen molar-refractivity contribution in [1.82, 2.24) is 5.48 Å². The van der Waals surface area contributed by atoms with Crippen molar-refractivity contribution in [3.63, 3.8) is 0 Å². The Morgan fingerprint density at radius 1 is 1.41 bits per heavy atom. The lowest BCUT2D eigenvalue weighted by atomic mass is 10.0. The molecule has 1 N–H and O–H groups in total. The second-order valence-corrected chi connectivity index (χ2v) is 4.19. The molecule has 0 aliphatic heterocycles. The monoisotopic (exact) mass is 311 g/mol. The zero-order valence-electron chi connectivity index (χ0n) is 8.98. The summed E-state index contributed by atoms with van der Waals surface area (Å²) in [6.45, 7) is 1.29. The van der Waals surface area contributed by atoms with E-state index in [0.29, 0.717) is 4.47 Å². The van der Waals surface area contributed by atoms with Gasteiger partial charge in [-0.3, -0.25) is 9.63 Å². The van der Waals surface area contributed by atoms with Crippen LogP contribution in [-0.4, -0.2) is 13.0 Å². The highest BCUT2D eigenvalue weighted by Gasteiger charge is 2.37. The Kier molecular flexibility index (Phi) is 4.16. The van der Waals surface area contributed by atoms with E-state index >= 15 is 0 Å². The van der Waals surface area contributed by atoms with E-state index in [1.165, 1.54) is 13.0 Å². The van der Waals surface area contributed by atoms with E-state index in [1.54, 1.807) is 0 Å². The van der Waals surface area contributed by atoms with Crippen molar-refractivity contribution < 1.29 is 22.8 Å². The number of benzene rings is 1. The van der Waals surface area contributed by atoms with E-state index in [9.17, 15) is 18.0 Å². The summed E-state index contributed by atoms with van der Waals surface area (Å²) < 4.78 is 38.8. The van der Waals surface area contributed by atoms with Crippen LogP contribution in [-0.2, 0) is 11.0 Å². The van der Waals surface area contributed by atoms with Gasteiger partial charge in [-0.15, -0.1) is 0 Å². The molecular weight excluding hydrogens is 303 g/mol. The molecular formula is C10H9BrF3NO2. The molecule has 3 nitrogen and oxygen atoms in total. The Morgan fingerprint density at radius 3 is 2.47 bits per heavy atom. The third kappa shape index (κ3) is 3.19. The van der Waals surface area contributed by atoms with Gasteiger partial charge in [0.15, 0.2) is 0 Å². The van der Waals surface area contributed by atoms with Crippen LogP contribution < -0.4 is 5.48 Å². The molecule has 1 amide bonds. The van der Waals surface area contributed by atoms with Crippen LogP contribution in [0.5, 0.6) is 0 Å². The molecule has 1 aromatic rings. The van der Waals surface area contributed by atoms with Gasteiger partial charge >= 0.3 is 6.18 Å². The molecule has 7 heteroatoms. The molecule has 0 radical (unpaired) electrons. The Balaban J connectivity index is 3.41. The van der Waals surface area contributed by atoms with Crippen LogP contribution in [0.2, 0.25) is 0 Å². The first-order valence-corrected chi connectivity index (χ1v) is 5.27. The van der Waals surface area contributed by atoms with E-state index in [-0.39, 0.29) is 5.56 Å². The summed E-state index contributed by atoms with van der Waals surface area (Å²) in [5, 5.41) is 0. The van der Waals surface area contributed by atoms with Gasteiger partial charge in [0.1, 0.15) is 0 Å². The van der Waals surface area contributed by atoms with Gasteiger partial charge in [-0.05, 0) is 24.6 Å². The highest BCUT2D eigenvalue weighted by molar-refractivity contribution is 9.10. The molecule has 1 rings (SSSR count). The number of hydrogen-bond donors (Lipinski definition) is 1. The van der Waals surface area contributed by atoms with Crippen molar-refractivity contribution in [3.05, 3.63) is 33.3 Å². The summed E-state index contributed by atoms with van der Waals surface area (Å²) in [7, 11) is 1.15. The minimum Gasteiger partial charge on any atom is -0.277 e. The highest BCUT2D eigenvalue weighted by Crippen LogP contribution is 2.36. The van der Waals surface area contributed by atoms with Crippen LogP contribution >= 0.6 is 15.9 Å². The molecule has 0 unspecified atom stereocenters. The van der Waals surface area contributed by atoms with Crippen molar-refractivity contribution >= 4 is 21.8 Å². The summed E-state index contributed by atoms with van der Waals surface area (Å²) >= 11 is 3.05. The number of nitrogens with one attached hydrogen (secondary N) is 1. The molecule has 0 aliphatic rings.